The molecule has 1 aromatic heterocycles. The number of halogens is 1. The first-order chi connectivity index (χ1) is 12.0. The highest BCUT2D eigenvalue weighted by atomic mass is 19.1. The number of Topliss-reactive ketones (excluding diaryl/α,β-unsaturated/α-hetero) is 1. The summed E-state index contributed by atoms with van der Waals surface area (Å²) in [5.74, 6) is 0.510. The molecule has 0 amide bonds. The van der Waals surface area contributed by atoms with E-state index in [1.165, 1.54) is 25.4 Å². The standard InChI is InChI=1S/C18H16FN5O/c1-11(25)12-2-6-14(7-3-12)23-17-16(20)18(22-10-21-17)24-15-8-4-13(19)5-9-15/h2-10H,20H2,1H3,(H2,21,22,23,24). The zero-order chi connectivity index (χ0) is 17.8. The fourth-order valence-electron chi connectivity index (χ4n) is 2.19. The van der Waals surface area contributed by atoms with Gasteiger partial charge in [-0.3, -0.25) is 4.79 Å². The molecule has 2 aromatic carbocycles. The molecule has 0 bridgehead atoms. The number of nitrogens with two attached hydrogens (primary N) is 1. The third-order valence-electron chi connectivity index (χ3n) is 3.55. The van der Waals surface area contributed by atoms with Crippen LogP contribution in [0.25, 0.3) is 0 Å². The molecule has 0 fully saturated rings. The van der Waals surface area contributed by atoms with Crippen molar-refractivity contribution in [2.75, 3.05) is 16.4 Å². The Bertz CT molecular complexity index is 894. The molecule has 3 aromatic rings. The normalized spacial score (nSPS) is 10.3. The van der Waals surface area contributed by atoms with Gasteiger partial charge in [-0.1, -0.05) is 0 Å². The maximum absolute atomic E-state index is 13.0. The summed E-state index contributed by atoms with van der Waals surface area (Å²) >= 11 is 0. The first kappa shape index (κ1) is 16.4. The maximum atomic E-state index is 13.0. The molecule has 0 unspecified atom stereocenters. The van der Waals surface area contributed by atoms with Crippen LogP contribution in [-0.4, -0.2) is 15.8 Å². The number of ketones is 1. The average molecular weight is 337 g/mol. The predicted octanol–water partition coefficient (Wildman–Crippen LogP) is 3.89. The molecule has 4 N–H and O–H groups in total. The van der Waals surface area contributed by atoms with Gasteiger partial charge in [0.2, 0.25) is 0 Å². The second kappa shape index (κ2) is 6.96. The van der Waals surface area contributed by atoms with Crippen molar-refractivity contribution in [3.8, 4) is 0 Å². The summed E-state index contributed by atoms with van der Waals surface area (Å²) in [7, 11) is 0. The van der Waals surface area contributed by atoms with Crippen molar-refractivity contribution in [3.63, 3.8) is 0 Å². The van der Waals surface area contributed by atoms with Crippen molar-refractivity contribution in [3.05, 3.63) is 66.2 Å². The second-order valence-electron chi connectivity index (χ2n) is 5.37. The van der Waals surface area contributed by atoms with Crippen LogP contribution in [0.2, 0.25) is 0 Å². The maximum Gasteiger partial charge on any atom is 0.159 e. The molecule has 126 valence electrons. The number of nitrogens with one attached hydrogen (secondary N) is 2. The summed E-state index contributed by atoms with van der Waals surface area (Å²) in [5.41, 5.74) is 8.45. The summed E-state index contributed by atoms with van der Waals surface area (Å²) in [5, 5.41) is 6.11. The lowest BCUT2D eigenvalue weighted by atomic mass is 10.1. The Kier molecular flexibility index (Phi) is 4.56. The Hall–Kier alpha value is -3.48. The van der Waals surface area contributed by atoms with Crippen molar-refractivity contribution in [2.24, 2.45) is 0 Å². The predicted molar refractivity (Wildman–Crippen MR) is 95.9 cm³/mol. The van der Waals surface area contributed by atoms with Gasteiger partial charge < -0.3 is 16.4 Å². The fourth-order valence-corrected chi connectivity index (χ4v) is 2.19. The highest BCUT2D eigenvalue weighted by Crippen LogP contribution is 2.28. The minimum atomic E-state index is -0.322. The first-order valence-electron chi connectivity index (χ1n) is 7.54. The van der Waals surface area contributed by atoms with E-state index in [0.29, 0.717) is 28.6 Å². The van der Waals surface area contributed by atoms with E-state index in [9.17, 15) is 9.18 Å². The van der Waals surface area contributed by atoms with Gasteiger partial charge in [-0.05, 0) is 55.5 Å². The van der Waals surface area contributed by atoms with Crippen molar-refractivity contribution >= 4 is 34.5 Å². The number of nitrogen functional groups attached to an aromatic ring is 1. The van der Waals surface area contributed by atoms with Crippen LogP contribution >= 0.6 is 0 Å². The molecule has 0 aliphatic rings. The Morgan fingerprint density at radius 2 is 1.40 bits per heavy atom. The van der Waals surface area contributed by atoms with Gasteiger partial charge in [0.1, 0.15) is 17.8 Å². The van der Waals surface area contributed by atoms with E-state index in [1.807, 2.05) is 0 Å². The number of benzene rings is 2. The number of hydrogen-bond donors (Lipinski definition) is 3. The van der Waals surface area contributed by atoms with Gasteiger partial charge in [-0.25, -0.2) is 14.4 Å². The number of carbonyl (C=O) groups is 1. The molecule has 7 heteroatoms. The average Bonchev–Trinajstić information content (AvgIpc) is 2.61. The minimum absolute atomic E-state index is 0.00103. The Morgan fingerprint density at radius 1 is 0.920 bits per heavy atom. The molecule has 6 nitrogen and oxygen atoms in total. The summed E-state index contributed by atoms with van der Waals surface area (Å²) in [6.45, 7) is 1.51. The molecule has 0 atom stereocenters. The van der Waals surface area contributed by atoms with Crippen molar-refractivity contribution < 1.29 is 9.18 Å². The van der Waals surface area contributed by atoms with Gasteiger partial charge >= 0.3 is 0 Å². The third kappa shape index (κ3) is 3.89. The molecule has 25 heavy (non-hydrogen) atoms. The minimum Gasteiger partial charge on any atom is -0.393 e. The molecule has 3 rings (SSSR count). The highest BCUT2D eigenvalue weighted by Gasteiger charge is 2.09. The lowest BCUT2D eigenvalue weighted by Crippen LogP contribution is -2.05. The van der Waals surface area contributed by atoms with Crippen LogP contribution in [0.15, 0.2) is 54.9 Å². The molecular formula is C18H16FN5O. The molecule has 0 spiro atoms. The quantitative estimate of drug-likeness (QED) is 0.612. The molecule has 0 saturated carbocycles. The van der Waals surface area contributed by atoms with E-state index in [2.05, 4.69) is 20.6 Å². The monoisotopic (exact) mass is 337 g/mol. The molecule has 0 saturated heterocycles. The molecule has 0 radical (unpaired) electrons. The highest BCUT2D eigenvalue weighted by molar-refractivity contribution is 5.94. The lowest BCUT2D eigenvalue weighted by Gasteiger charge is -2.12. The van der Waals surface area contributed by atoms with E-state index in [4.69, 9.17) is 5.73 Å². The van der Waals surface area contributed by atoms with Gasteiger partial charge in [0, 0.05) is 16.9 Å². The van der Waals surface area contributed by atoms with Crippen LogP contribution in [0.4, 0.5) is 33.1 Å². The van der Waals surface area contributed by atoms with Crippen LogP contribution in [0.3, 0.4) is 0 Å². The number of hydrogen-bond acceptors (Lipinski definition) is 6. The van der Waals surface area contributed by atoms with Crippen molar-refractivity contribution in [1.82, 2.24) is 9.97 Å². The molecule has 0 aliphatic heterocycles. The van der Waals surface area contributed by atoms with E-state index in [1.54, 1.807) is 36.4 Å². The number of carbonyl (C=O) groups excluding carboxylic acids is 1. The number of nitrogens with zero attached hydrogens (tertiary/aromatic N) is 2. The van der Waals surface area contributed by atoms with E-state index in [0.717, 1.165) is 5.69 Å². The Labute approximate surface area is 143 Å². The SMILES string of the molecule is CC(=O)c1ccc(Nc2ncnc(Nc3ccc(F)cc3)c2N)cc1. The van der Waals surface area contributed by atoms with E-state index >= 15 is 0 Å². The van der Waals surface area contributed by atoms with Crippen LogP contribution in [0.1, 0.15) is 17.3 Å². The van der Waals surface area contributed by atoms with Gasteiger partial charge in [-0.15, -0.1) is 0 Å². The number of anilines is 5. The van der Waals surface area contributed by atoms with Crippen molar-refractivity contribution in [1.29, 1.82) is 0 Å². The largest absolute Gasteiger partial charge is 0.393 e. The van der Waals surface area contributed by atoms with E-state index < -0.39 is 0 Å². The zero-order valence-corrected chi connectivity index (χ0v) is 13.5. The first-order valence-corrected chi connectivity index (χ1v) is 7.54. The van der Waals surface area contributed by atoms with E-state index in [-0.39, 0.29) is 11.6 Å². The third-order valence-corrected chi connectivity index (χ3v) is 3.55. The van der Waals surface area contributed by atoms with Gasteiger partial charge in [0.05, 0.1) is 0 Å². The van der Waals surface area contributed by atoms with Crippen LogP contribution < -0.4 is 16.4 Å². The fraction of sp³-hybridized carbons (Fsp3) is 0.0556. The smallest absolute Gasteiger partial charge is 0.159 e. The Morgan fingerprint density at radius 3 is 1.88 bits per heavy atom. The summed E-state index contributed by atoms with van der Waals surface area (Å²) in [6, 6.07) is 12.8. The van der Waals surface area contributed by atoms with Crippen LogP contribution in [0.5, 0.6) is 0 Å². The van der Waals surface area contributed by atoms with Gasteiger partial charge in [0.15, 0.2) is 17.4 Å². The van der Waals surface area contributed by atoms with Crippen molar-refractivity contribution in [2.45, 2.75) is 6.92 Å². The molecular weight excluding hydrogens is 321 g/mol. The van der Waals surface area contributed by atoms with Gasteiger partial charge in [0.25, 0.3) is 0 Å². The van der Waals surface area contributed by atoms with Crippen LogP contribution in [0, 0.1) is 5.82 Å². The summed E-state index contributed by atoms with van der Waals surface area (Å²) < 4.78 is 13.0. The summed E-state index contributed by atoms with van der Waals surface area (Å²) in [6.07, 6.45) is 1.37. The lowest BCUT2D eigenvalue weighted by molar-refractivity contribution is 0.101. The second-order valence-corrected chi connectivity index (χ2v) is 5.37. The molecule has 1 heterocycles. The van der Waals surface area contributed by atoms with Gasteiger partial charge in [-0.2, -0.15) is 0 Å². The Balaban J connectivity index is 1.80. The number of rotatable bonds is 5. The number of aromatic nitrogens is 2. The topological polar surface area (TPSA) is 92.9 Å². The summed E-state index contributed by atoms with van der Waals surface area (Å²) in [4.78, 5) is 19.6. The van der Waals surface area contributed by atoms with Crippen LogP contribution in [-0.2, 0) is 0 Å². The zero-order valence-electron chi connectivity index (χ0n) is 13.5. The molecule has 0 aliphatic carbocycles.